The maximum Gasteiger partial charge on any atom is 0.334 e. The molecule has 0 saturated carbocycles. The Morgan fingerprint density at radius 3 is 2.88 bits per heavy atom. The first-order valence-electron chi connectivity index (χ1n) is 2.57. The summed E-state index contributed by atoms with van der Waals surface area (Å²) < 4.78 is 4.62. The number of esters is 1. The smallest absolute Gasteiger partial charge is 0.334 e. The minimum Gasteiger partial charge on any atom is -0.411 e. The van der Waals surface area contributed by atoms with Crippen LogP contribution < -0.4 is 0 Å². The number of aliphatic imine (C=N–C) groups is 1. The fourth-order valence-electron chi connectivity index (χ4n) is 0.533. The van der Waals surface area contributed by atoms with E-state index in [1.807, 2.05) is 6.92 Å². The average Bonchev–Trinajstić information content (AvgIpc) is 2.14. The molecule has 3 heteroatoms. The van der Waals surface area contributed by atoms with Crippen LogP contribution in [0.4, 0.5) is 0 Å². The second-order valence-electron chi connectivity index (χ2n) is 1.54. The molecule has 0 fully saturated rings. The van der Waals surface area contributed by atoms with E-state index in [0.29, 0.717) is 12.3 Å². The summed E-state index contributed by atoms with van der Waals surface area (Å²) in [4.78, 5) is 14.1. The van der Waals surface area contributed by atoms with Crippen molar-refractivity contribution in [2.45, 2.75) is 13.3 Å². The van der Waals surface area contributed by atoms with Crippen molar-refractivity contribution in [1.82, 2.24) is 0 Å². The monoisotopic (exact) mass is 113 g/mol. The summed E-state index contributed by atoms with van der Waals surface area (Å²) in [5.74, 6) is 0.330. The van der Waals surface area contributed by atoms with Crippen LogP contribution in [0.2, 0.25) is 0 Å². The Balaban J connectivity index is 2.49. The maximum atomic E-state index is 10.3. The molecule has 0 radical (unpaired) electrons. The minimum atomic E-state index is -0.234. The lowest BCUT2D eigenvalue weighted by atomic mass is 10.5. The molecule has 0 saturated heterocycles. The van der Waals surface area contributed by atoms with Gasteiger partial charge in [0.15, 0.2) is 5.90 Å². The highest BCUT2D eigenvalue weighted by atomic mass is 16.6. The van der Waals surface area contributed by atoms with E-state index in [-0.39, 0.29) is 12.5 Å². The van der Waals surface area contributed by atoms with Crippen molar-refractivity contribution in [2.75, 3.05) is 6.54 Å². The van der Waals surface area contributed by atoms with Gasteiger partial charge in [0.05, 0.1) is 0 Å². The normalized spacial score (nSPS) is 18.1. The van der Waals surface area contributed by atoms with E-state index >= 15 is 0 Å². The van der Waals surface area contributed by atoms with Crippen LogP contribution in [0.3, 0.4) is 0 Å². The standard InChI is InChI=1S/C5H7NO2/c1-2-4-6-3-5(7)8-4/h2-3H2,1H3. The fraction of sp³-hybridized carbons (Fsp3) is 0.600. The second kappa shape index (κ2) is 1.94. The van der Waals surface area contributed by atoms with Gasteiger partial charge in [-0.1, -0.05) is 6.92 Å². The fourth-order valence-corrected chi connectivity index (χ4v) is 0.533. The number of hydrogen-bond acceptors (Lipinski definition) is 3. The summed E-state index contributed by atoms with van der Waals surface area (Å²) >= 11 is 0. The van der Waals surface area contributed by atoms with Crippen LogP contribution in [0.25, 0.3) is 0 Å². The van der Waals surface area contributed by atoms with Crippen molar-refractivity contribution in [1.29, 1.82) is 0 Å². The summed E-state index contributed by atoms with van der Waals surface area (Å²) in [7, 11) is 0. The molecule has 0 aliphatic carbocycles. The van der Waals surface area contributed by atoms with Crippen LogP contribution in [-0.2, 0) is 9.53 Å². The first kappa shape index (κ1) is 5.28. The number of hydrogen-bond donors (Lipinski definition) is 0. The Hall–Kier alpha value is -0.860. The SMILES string of the molecule is CCC1=NCC(=O)O1. The quantitative estimate of drug-likeness (QED) is 0.460. The van der Waals surface area contributed by atoms with Gasteiger partial charge in [-0.25, -0.2) is 9.79 Å². The number of rotatable bonds is 1. The number of carbonyl (C=O) groups is 1. The third-order valence-electron chi connectivity index (χ3n) is 0.919. The van der Waals surface area contributed by atoms with Crippen LogP contribution in [0.5, 0.6) is 0 Å². The van der Waals surface area contributed by atoms with Crippen molar-refractivity contribution in [3.63, 3.8) is 0 Å². The summed E-state index contributed by atoms with van der Waals surface area (Å²) in [6.07, 6.45) is 0.714. The first-order chi connectivity index (χ1) is 3.83. The number of ether oxygens (including phenoxy) is 1. The molecule has 0 N–H and O–H groups in total. The average molecular weight is 113 g/mol. The van der Waals surface area contributed by atoms with Crippen molar-refractivity contribution >= 4 is 11.9 Å². The van der Waals surface area contributed by atoms with Gasteiger partial charge in [-0.15, -0.1) is 0 Å². The van der Waals surface area contributed by atoms with E-state index < -0.39 is 0 Å². The molecule has 8 heavy (non-hydrogen) atoms. The predicted octanol–water partition coefficient (Wildman–Crippen LogP) is 0.352. The third-order valence-corrected chi connectivity index (χ3v) is 0.919. The molecule has 0 amide bonds. The summed E-state index contributed by atoms with van der Waals surface area (Å²) in [5.41, 5.74) is 0. The van der Waals surface area contributed by atoms with Gasteiger partial charge in [-0.3, -0.25) is 0 Å². The van der Waals surface area contributed by atoms with Gasteiger partial charge in [-0.2, -0.15) is 0 Å². The minimum absolute atomic E-state index is 0.211. The second-order valence-corrected chi connectivity index (χ2v) is 1.54. The molecule has 0 unspecified atom stereocenters. The number of nitrogens with zero attached hydrogens (tertiary/aromatic N) is 1. The van der Waals surface area contributed by atoms with Gasteiger partial charge in [0.25, 0.3) is 0 Å². The van der Waals surface area contributed by atoms with Crippen LogP contribution in [0.15, 0.2) is 4.99 Å². The van der Waals surface area contributed by atoms with Crippen LogP contribution >= 0.6 is 0 Å². The molecule has 0 aromatic rings. The summed E-state index contributed by atoms with van der Waals surface area (Å²) in [6, 6.07) is 0. The zero-order chi connectivity index (χ0) is 5.98. The zero-order valence-corrected chi connectivity index (χ0v) is 4.68. The largest absolute Gasteiger partial charge is 0.411 e. The molecule has 0 bridgehead atoms. The lowest BCUT2D eigenvalue weighted by Crippen LogP contribution is -2.02. The summed E-state index contributed by atoms with van der Waals surface area (Å²) in [6.45, 7) is 2.11. The van der Waals surface area contributed by atoms with E-state index in [1.54, 1.807) is 0 Å². The lowest BCUT2D eigenvalue weighted by molar-refractivity contribution is -0.132. The molecule has 3 nitrogen and oxygen atoms in total. The Kier molecular flexibility index (Phi) is 1.28. The first-order valence-corrected chi connectivity index (χ1v) is 2.57. The maximum absolute atomic E-state index is 10.3. The molecule has 1 heterocycles. The molecule has 44 valence electrons. The predicted molar refractivity (Wildman–Crippen MR) is 28.7 cm³/mol. The molecule has 1 aliphatic rings. The van der Waals surface area contributed by atoms with Crippen molar-refractivity contribution in [3.8, 4) is 0 Å². The molecule has 0 atom stereocenters. The molecule has 1 rings (SSSR count). The Morgan fingerprint density at radius 1 is 1.88 bits per heavy atom. The van der Waals surface area contributed by atoms with Crippen LogP contribution in [0, 0.1) is 0 Å². The van der Waals surface area contributed by atoms with E-state index in [2.05, 4.69) is 9.73 Å². The molecular weight excluding hydrogens is 106 g/mol. The van der Waals surface area contributed by atoms with E-state index in [1.165, 1.54) is 0 Å². The van der Waals surface area contributed by atoms with E-state index in [4.69, 9.17) is 0 Å². The van der Waals surface area contributed by atoms with Crippen molar-refractivity contribution in [2.24, 2.45) is 4.99 Å². The van der Waals surface area contributed by atoms with Gasteiger partial charge in [0.1, 0.15) is 6.54 Å². The molecule has 1 aliphatic heterocycles. The topological polar surface area (TPSA) is 38.7 Å². The van der Waals surface area contributed by atoms with Gasteiger partial charge in [0.2, 0.25) is 0 Å². The summed E-state index contributed by atoms with van der Waals surface area (Å²) in [5, 5.41) is 0. The van der Waals surface area contributed by atoms with E-state index in [9.17, 15) is 4.79 Å². The van der Waals surface area contributed by atoms with Gasteiger partial charge >= 0.3 is 5.97 Å². The zero-order valence-electron chi connectivity index (χ0n) is 4.68. The molecule has 0 aromatic carbocycles. The van der Waals surface area contributed by atoms with Gasteiger partial charge in [0, 0.05) is 6.42 Å². The van der Waals surface area contributed by atoms with Gasteiger partial charge in [-0.05, 0) is 0 Å². The third kappa shape index (κ3) is 0.857. The molecular formula is C5H7NO2. The molecule has 0 spiro atoms. The van der Waals surface area contributed by atoms with Crippen molar-refractivity contribution in [3.05, 3.63) is 0 Å². The highest BCUT2D eigenvalue weighted by Gasteiger charge is 2.12. The Labute approximate surface area is 47.4 Å². The number of carbonyl (C=O) groups excluding carboxylic acids is 1. The highest BCUT2D eigenvalue weighted by molar-refractivity contribution is 5.94. The highest BCUT2D eigenvalue weighted by Crippen LogP contribution is 1.97. The van der Waals surface area contributed by atoms with E-state index in [0.717, 1.165) is 0 Å². The number of cyclic esters (lactones) is 1. The molecule has 0 aromatic heterocycles. The lowest BCUT2D eigenvalue weighted by Gasteiger charge is -1.89. The van der Waals surface area contributed by atoms with Crippen molar-refractivity contribution < 1.29 is 9.53 Å². The van der Waals surface area contributed by atoms with Crippen LogP contribution in [-0.4, -0.2) is 18.4 Å². The van der Waals surface area contributed by atoms with Gasteiger partial charge < -0.3 is 4.74 Å². The Bertz CT molecular complexity index is 139. The Morgan fingerprint density at radius 2 is 2.62 bits per heavy atom. The van der Waals surface area contributed by atoms with Crippen LogP contribution in [0.1, 0.15) is 13.3 Å².